The van der Waals surface area contributed by atoms with Gasteiger partial charge in [-0.15, -0.1) is 0 Å². The second kappa shape index (κ2) is 8.89. The Hall–Kier alpha value is -3.34. The minimum Gasteiger partial charge on any atom is -0.465 e. The van der Waals surface area contributed by atoms with E-state index in [1.54, 1.807) is 48.5 Å². The van der Waals surface area contributed by atoms with Crippen LogP contribution in [0.15, 0.2) is 72.8 Å². The van der Waals surface area contributed by atoms with Crippen LogP contribution in [0.3, 0.4) is 0 Å². The lowest BCUT2D eigenvalue weighted by atomic mass is 10.0. The summed E-state index contributed by atoms with van der Waals surface area (Å²) in [6, 6.07) is 18.6. The highest BCUT2D eigenvalue weighted by atomic mass is 32.3. The van der Waals surface area contributed by atoms with Gasteiger partial charge in [-0.3, -0.25) is 13.4 Å². The van der Waals surface area contributed by atoms with Crippen molar-refractivity contribution >= 4 is 34.1 Å². The van der Waals surface area contributed by atoms with Crippen molar-refractivity contribution in [1.29, 1.82) is 0 Å². The molecule has 1 amide bonds. The molecule has 0 aromatic heterocycles. The van der Waals surface area contributed by atoms with Crippen molar-refractivity contribution in [1.82, 2.24) is 4.90 Å². The third kappa shape index (κ3) is 4.08. The molecule has 0 saturated carbocycles. The normalized spacial score (nSPS) is 16.3. The van der Waals surface area contributed by atoms with Gasteiger partial charge >= 0.3 is 6.09 Å². The van der Waals surface area contributed by atoms with E-state index in [4.69, 9.17) is 0 Å². The Labute approximate surface area is 191 Å². The van der Waals surface area contributed by atoms with Crippen molar-refractivity contribution in [3.8, 4) is 0 Å². The molecule has 0 aliphatic carbocycles. The number of halogens is 2. The summed E-state index contributed by atoms with van der Waals surface area (Å²) in [5.41, 5.74) is 1.18. The van der Waals surface area contributed by atoms with Crippen molar-refractivity contribution in [3.63, 3.8) is 0 Å². The number of fused-ring (bicyclic) bond motifs is 1. The maximum absolute atomic E-state index is 14.6. The highest BCUT2D eigenvalue weighted by Gasteiger charge is 2.43. The molecule has 0 fully saturated rings. The first-order valence-electron chi connectivity index (χ1n) is 10.1. The zero-order valence-corrected chi connectivity index (χ0v) is 18.5. The fourth-order valence-corrected chi connectivity index (χ4v) is 5.78. The molecular formula is C23H23F2N3O4S. The number of carbonyl (C=O) groups is 1. The number of hydrogen-bond donors (Lipinski definition) is 3. The van der Waals surface area contributed by atoms with Crippen LogP contribution >= 0.6 is 11.0 Å². The molecule has 1 unspecified atom stereocenters. The molecule has 3 N–H and O–H groups in total. The molecule has 3 aromatic carbocycles. The molecule has 7 nitrogen and oxygen atoms in total. The number of amides is 1. The summed E-state index contributed by atoms with van der Waals surface area (Å²) < 4.78 is 53.3. The van der Waals surface area contributed by atoms with Gasteiger partial charge in [0.25, 0.3) is 0 Å². The number of benzene rings is 3. The molecule has 174 valence electrons. The van der Waals surface area contributed by atoms with Crippen LogP contribution in [0.4, 0.5) is 30.6 Å². The van der Waals surface area contributed by atoms with E-state index in [9.17, 15) is 27.8 Å². The van der Waals surface area contributed by atoms with E-state index < -0.39 is 34.7 Å². The van der Waals surface area contributed by atoms with Crippen molar-refractivity contribution in [2.45, 2.75) is 12.5 Å². The molecule has 10 heteroatoms. The molecule has 3 aromatic rings. The van der Waals surface area contributed by atoms with E-state index in [1.807, 2.05) is 6.07 Å². The first kappa shape index (κ1) is 22.8. The zero-order valence-electron chi connectivity index (χ0n) is 17.7. The van der Waals surface area contributed by atoms with Crippen LogP contribution in [-0.4, -0.2) is 38.8 Å². The summed E-state index contributed by atoms with van der Waals surface area (Å²) in [6.45, 7) is 0.0456. The molecule has 1 atom stereocenters. The zero-order chi connectivity index (χ0) is 23.8. The number of carboxylic acid groups (broad SMARTS) is 1. The van der Waals surface area contributed by atoms with Crippen LogP contribution < -0.4 is 8.61 Å². The van der Waals surface area contributed by atoms with Crippen LogP contribution in [0.2, 0.25) is 0 Å². The third-order valence-corrected chi connectivity index (χ3v) is 7.47. The van der Waals surface area contributed by atoms with Gasteiger partial charge in [-0.2, -0.15) is 0 Å². The maximum Gasteiger partial charge on any atom is 0.407 e. The lowest BCUT2D eigenvalue weighted by Gasteiger charge is -2.44. The van der Waals surface area contributed by atoms with E-state index in [0.29, 0.717) is 11.4 Å². The maximum atomic E-state index is 14.6. The van der Waals surface area contributed by atoms with Crippen LogP contribution in [0.1, 0.15) is 18.0 Å². The summed E-state index contributed by atoms with van der Waals surface area (Å²) >= 11 is 0. The van der Waals surface area contributed by atoms with Crippen LogP contribution in [0, 0.1) is 11.6 Å². The van der Waals surface area contributed by atoms with Crippen molar-refractivity contribution < 1.29 is 27.8 Å². The van der Waals surface area contributed by atoms with E-state index >= 15 is 0 Å². The molecule has 0 spiro atoms. The minimum atomic E-state index is -3.81. The van der Waals surface area contributed by atoms with E-state index in [1.165, 1.54) is 23.5 Å². The van der Waals surface area contributed by atoms with Crippen LogP contribution in [0.5, 0.6) is 0 Å². The smallest absolute Gasteiger partial charge is 0.407 e. The third-order valence-electron chi connectivity index (χ3n) is 5.62. The van der Waals surface area contributed by atoms with Gasteiger partial charge in [0.05, 0.1) is 17.4 Å². The van der Waals surface area contributed by atoms with E-state index in [2.05, 4.69) is 0 Å². The molecule has 4 rings (SSSR count). The number of anilines is 3. The average molecular weight is 476 g/mol. The van der Waals surface area contributed by atoms with Crippen LogP contribution in [0.25, 0.3) is 0 Å². The summed E-state index contributed by atoms with van der Waals surface area (Å²) in [6.07, 6.45) is -0.906. The fourth-order valence-electron chi connectivity index (χ4n) is 4.00. The molecule has 0 saturated heterocycles. The van der Waals surface area contributed by atoms with E-state index in [0.717, 1.165) is 20.8 Å². The molecule has 0 bridgehead atoms. The Bertz CT molecular complexity index is 1170. The summed E-state index contributed by atoms with van der Waals surface area (Å²) in [5, 5.41) is 9.55. The first-order chi connectivity index (χ1) is 15.7. The molecule has 1 aliphatic rings. The minimum absolute atomic E-state index is 0.0456. The van der Waals surface area contributed by atoms with E-state index in [-0.39, 0.29) is 18.7 Å². The SMILES string of the molecule is CN(C(=O)O)C(CCN1c2ccccc2N(c2cccc(F)c2F)S1(O)O)c1ccccc1. The quantitative estimate of drug-likeness (QED) is 0.391. The van der Waals surface area contributed by atoms with Gasteiger partial charge < -0.3 is 10.0 Å². The lowest BCUT2D eigenvalue weighted by Crippen LogP contribution is -2.36. The topological polar surface area (TPSA) is 87.5 Å². The largest absolute Gasteiger partial charge is 0.465 e. The second-order valence-corrected chi connectivity index (χ2v) is 9.34. The fraction of sp³-hybridized carbons (Fsp3) is 0.174. The molecule has 1 aliphatic heterocycles. The number of hydrogen-bond acceptors (Lipinski definition) is 5. The van der Waals surface area contributed by atoms with Crippen LogP contribution in [-0.2, 0) is 0 Å². The highest BCUT2D eigenvalue weighted by Crippen LogP contribution is 2.64. The number of para-hydroxylation sites is 2. The summed E-state index contributed by atoms with van der Waals surface area (Å²) in [4.78, 5) is 12.8. The lowest BCUT2D eigenvalue weighted by molar-refractivity contribution is 0.136. The molecule has 1 heterocycles. The predicted octanol–water partition coefficient (Wildman–Crippen LogP) is 6.24. The molecular weight excluding hydrogens is 452 g/mol. The highest BCUT2D eigenvalue weighted by molar-refractivity contribution is 8.27. The Morgan fingerprint density at radius 1 is 0.939 bits per heavy atom. The number of rotatable bonds is 6. The van der Waals surface area contributed by atoms with Gasteiger partial charge in [0.1, 0.15) is 5.69 Å². The van der Waals surface area contributed by atoms with Crippen molar-refractivity contribution in [3.05, 3.63) is 90.0 Å². The Morgan fingerprint density at radius 3 is 2.21 bits per heavy atom. The molecule has 33 heavy (non-hydrogen) atoms. The van der Waals surface area contributed by atoms with Gasteiger partial charge in [-0.1, -0.05) is 48.5 Å². The van der Waals surface area contributed by atoms with Crippen molar-refractivity contribution in [2.24, 2.45) is 0 Å². The van der Waals surface area contributed by atoms with Crippen molar-refractivity contribution in [2.75, 3.05) is 22.2 Å². The standard InChI is InChI=1S/C23H23F2N3O4S/c1-26(23(29)30)18(16-8-3-2-4-9-16)14-15-27-19-11-5-6-12-20(19)28(33(27,31)32)21-13-7-10-17(24)22(21)25/h2-13,18,31-32H,14-15H2,1H3,(H,29,30). The Kier molecular flexibility index (Phi) is 6.15. The van der Waals surface area contributed by atoms with Gasteiger partial charge in [0, 0.05) is 13.6 Å². The predicted molar refractivity (Wildman–Crippen MR) is 125 cm³/mol. The van der Waals surface area contributed by atoms with Gasteiger partial charge in [0.15, 0.2) is 11.6 Å². The summed E-state index contributed by atoms with van der Waals surface area (Å²) in [5.74, 6) is -2.30. The molecule has 0 radical (unpaired) electrons. The average Bonchev–Trinajstić information content (AvgIpc) is 3.02. The Balaban J connectivity index is 1.70. The van der Waals surface area contributed by atoms with Gasteiger partial charge in [-0.05, 0) is 47.2 Å². The van der Waals surface area contributed by atoms with Gasteiger partial charge in [-0.25, -0.2) is 17.9 Å². The van der Waals surface area contributed by atoms with Gasteiger partial charge in [0.2, 0.25) is 0 Å². The number of nitrogens with zero attached hydrogens (tertiary/aromatic N) is 3. The Morgan fingerprint density at radius 2 is 1.55 bits per heavy atom. The monoisotopic (exact) mass is 475 g/mol. The summed E-state index contributed by atoms with van der Waals surface area (Å²) in [7, 11) is -2.36. The first-order valence-corrected chi connectivity index (χ1v) is 11.6. The second-order valence-electron chi connectivity index (χ2n) is 7.56.